The van der Waals surface area contributed by atoms with Crippen molar-refractivity contribution in [1.29, 1.82) is 0 Å². The van der Waals surface area contributed by atoms with Crippen molar-refractivity contribution >= 4 is 68.2 Å². The van der Waals surface area contributed by atoms with E-state index in [1.807, 2.05) is 12.1 Å². The summed E-state index contributed by atoms with van der Waals surface area (Å²) in [4.78, 5) is 13.2. The molecule has 2 aromatic heterocycles. The quantitative estimate of drug-likeness (QED) is 0.597. The average molecular weight is 349 g/mol. The Labute approximate surface area is 132 Å². The standard InChI is InChI=1S/C11H4Cl3N3S2/c12-5-2-1-3-6(8(5)13)18-11-17-9-7(19-11)4-15-10(14)16-9/h1-4H. The van der Waals surface area contributed by atoms with Crippen molar-refractivity contribution in [2.24, 2.45) is 0 Å². The van der Waals surface area contributed by atoms with Gasteiger partial charge in [0, 0.05) is 4.90 Å². The number of thiazole rings is 1. The molecule has 19 heavy (non-hydrogen) atoms. The van der Waals surface area contributed by atoms with Crippen LogP contribution in [0.2, 0.25) is 15.3 Å². The van der Waals surface area contributed by atoms with Crippen molar-refractivity contribution in [2.45, 2.75) is 9.24 Å². The number of hydrogen-bond acceptors (Lipinski definition) is 5. The summed E-state index contributed by atoms with van der Waals surface area (Å²) >= 11 is 20.8. The third kappa shape index (κ3) is 2.80. The number of halogens is 3. The molecule has 0 aliphatic heterocycles. The highest BCUT2D eigenvalue weighted by atomic mass is 35.5. The summed E-state index contributed by atoms with van der Waals surface area (Å²) in [5, 5.41) is 1.24. The largest absolute Gasteiger partial charge is 0.225 e. The summed E-state index contributed by atoms with van der Waals surface area (Å²) in [6, 6.07) is 5.49. The molecule has 0 fully saturated rings. The summed E-state index contributed by atoms with van der Waals surface area (Å²) in [6.45, 7) is 0. The first-order valence-corrected chi connectivity index (χ1v) is 7.81. The van der Waals surface area contributed by atoms with E-state index in [4.69, 9.17) is 34.8 Å². The molecule has 0 atom stereocenters. The summed E-state index contributed by atoms with van der Waals surface area (Å²) in [5.41, 5.74) is 0.589. The summed E-state index contributed by atoms with van der Waals surface area (Å²) in [6.07, 6.45) is 1.66. The molecule has 0 aliphatic rings. The zero-order valence-electron chi connectivity index (χ0n) is 9.10. The Hall–Kier alpha value is -0.590. The molecule has 3 nitrogen and oxygen atoms in total. The maximum atomic E-state index is 6.14. The zero-order valence-corrected chi connectivity index (χ0v) is 13.0. The minimum Gasteiger partial charge on any atom is -0.225 e. The molecule has 0 spiro atoms. The minimum absolute atomic E-state index is 0.190. The predicted molar refractivity (Wildman–Crippen MR) is 80.8 cm³/mol. The van der Waals surface area contributed by atoms with E-state index in [-0.39, 0.29) is 5.28 Å². The molecule has 0 unspecified atom stereocenters. The fourth-order valence-electron chi connectivity index (χ4n) is 1.40. The Bertz CT molecular complexity index is 760. The lowest BCUT2D eigenvalue weighted by Crippen LogP contribution is -1.81. The van der Waals surface area contributed by atoms with Crippen LogP contribution in [0.15, 0.2) is 33.6 Å². The van der Waals surface area contributed by atoms with Gasteiger partial charge >= 0.3 is 0 Å². The molecule has 3 rings (SSSR count). The van der Waals surface area contributed by atoms with Crippen LogP contribution in [0.1, 0.15) is 0 Å². The van der Waals surface area contributed by atoms with Gasteiger partial charge in [0.1, 0.15) is 0 Å². The lowest BCUT2D eigenvalue weighted by atomic mass is 10.4. The molecule has 0 bridgehead atoms. The Morgan fingerprint density at radius 2 is 1.95 bits per heavy atom. The number of hydrogen-bond donors (Lipinski definition) is 0. The van der Waals surface area contributed by atoms with Gasteiger partial charge in [0.15, 0.2) is 9.99 Å². The molecule has 0 N–H and O–H groups in total. The molecule has 0 saturated heterocycles. The van der Waals surface area contributed by atoms with Crippen molar-refractivity contribution in [1.82, 2.24) is 15.0 Å². The van der Waals surface area contributed by atoms with Gasteiger partial charge in [-0.15, -0.1) is 11.3 Å². The van der Waals surface area contributed by atoms with Gasteiger partial charge in [-0.3, -0.25) is 0 Å². The molecule has 2 heterocycles. The molecule has 8 heteroatoms. The number of aromatic nitrogens is 3. The molecule has 0 radical (unpaired) electrons. The molecule has 1 aromatic carbocycles. The number of benzene rings is 1. The first-order valence-electron chi connectivity index (χ1n) is 5.04. The molecule has 0 aliphatic carbocycles. The summed E-state index contributed by atoms with van der Waals surface area (Å²) < 4.78 is 1.70. The average Bonchev–Trinajstić information content (AvgIpc) is 2.76. The second-order valence-electron chi connectivity index (χ2n) is 3.46. The van der Waals surface area contributed by atoms with Gasteiger partial charge in [0.2, 0.25) is 5.28 Å². The van der Waals surface area contributed by atoms with E-state index in [0.29, 0.717) is 15.7 Å². The Morgan fingerprint density at radius 1 is 1.11 bits per heavy atom. The second-order valence-corrected chi connectivity index (χ2v) is 6.90. The Morgan fingerprint density at radius 3 is 2.79 bits per heavy atom. The van der Waals surface area contributed by atoms with Gasteiger partial charge in [-0.25, -0.2) is 9.97 Å². The third-order valence-electron chi connectivity index (χ3n) is 2.21. The highest BCUT2D eigenvalue weighted by molar-refractivity contribution is 8.01. The molecule has 0 amide bonds. The van der Waals surface area contributed by atoms with Gasteiger partial charge in [0.05, 0.1) is 20.9 Å². The van der Waals surface area contributed by atoms with E-state index >= 15 is 0 Å². The van der Waals surface area contributed by atoms with Gasteiger partial charge < -0.3 is 0 Å². The van der Waals surface area contributed by atoms with E-state index < -0.39 is 0 Å². The van der Waals surface area contributed by atoms with Crippen LogP contribution in [0.5, 0.6) is 0 Å². The minimum atomic E-state index is 0.190. The lowest BCUT2D eigenvalue weighted by Gasteiger charge is -2.01. The normalized spacial score (nSPS) is 11.1. The van der Waals surface area contributed by atoms with Crippen LogP contribution in [0, 0.1) is 0 Å². The topological polar surface area (TPSA) is 38.7 Å². The van der Waals surface area contributed by atoms with Crippen molar-refractivity contribution in [3.8, 4) is 0 Å². The first kappa shape index (κ1) is 13.4. The third-order valence-corrected chi connectivity index (χ3v) is 5.43. The number of fused-ring (bicyclic) bond motifs is 1. The highest BCUT2D eigenvalue weighted by Crippen LogP contribution is 2.39. The second kappa shape index (κ2) is 5.42. The van der Waals surface area contributed by atoms with E-state index in [1.165, 1.54) is 23.1 Å². The molecule has 96 valence electrons. The maximum absolute atomic E-state index is 6.14. The van der Waals surface area contributed by atoms with Crippen LogP contribution in [-0.4, -0.2) is 15.0 Å². The SMILES string of the molecule is Clc1ncc2sc(Sc3cccc(Cl)c3Cl)nc2n1. The molecular weight excluding hydrogens is 345 g/mol. The summed E-state index contributed by atoms with van der Waals surface area (Å²) in [7, 11) is 0. The van der Waals surface area contributed by atoms with Crippen LogP contribution in [0.3, 0.4) is 0 Å². The van der Waals surface area contributed by atoms with E-state index in [9.17, 15) is 0 Å². The molecule has 0 saturated carbocycles. The smallest absolute Gasteiger partial charge is 0.224 e. The number of rotatable bonds is 2. The van der Waals surface area contributed by atoms with Gasteiger partial charge in [-0.05, 0) is 23.7 Å². The van der Waals surface area contributed by atoms with E-state index in [0.717, 1.165) is 13.9 Å². The van der Waals surface area contributed by atoms with E-state index in [2.05, 4.69) is 15.0 Å². The lowest BCUT2D eigenvalue weighted by molar-refractivity contribution is 1.17. The maximum Gasteiger partial charge on any atom is 0.224 e. The fraction of sp³-hybridized carbons (Fsp3) is 0. The van der Waals surface area contributed by atoms with Crippen molar-refractivity contribution in [3.63, 3.8) is 0 Å². The predicted octanol–water partition coefficient (Wildman–Crippen LogP) is 5.20. The monoisotopic (exact) mass is 347 g/mol. The Kier molecular flexibility index (Phi) is 3.82. The first-order chi connectivity index (χ1) is 9.13. The van der Waals surface area contributed by atoms with Gasteiger partial charge in [0.25, 0.3) is 0 Å². The fourth-order valence-corrected chi connectivity index (χ4v) is 3.98. The van der Waals surface area contributed by atoms with Crippen molar-refractivity contribution < 1.29 is 0 Å². The van der Waals surface area contributed by atoms with Crippen molar-refractivity contribution in [3.05, 3.63) is 39.7 Å². The van der Waals surface area contributed by atoms with Crippen molar-refractivity contribution in [2.75, 3.05) is 0 Å². The van der Waals surface area contributed by atoms with Gasteiger partial charge in [-0.2, -0.15) is 4.98 Å². The van der Waals surface area contributed by atoms with E-state index in [1.54, 1.807) is 12.3 Å². The highest BCUT2D eigenvalue weighted by Gasteiger charge is 2.11. The zero-order chi connectivity index (χ0) is 13.4. The van der Waals surface area contributed by atoms with Crippen LogP contribution >= 0.6 is 57.9 Å². The Balaban J connectivity index is 1.99. The molecular formula is C11H4Cl3N3S2. The van der Waals surface area contributed by atoms with Gasteiger partial charge in [-0.1, -0.05) is 41.0 Å². The van der Waals surface area contributed by atoms with Crippen LogP contribution in [0.25, 0.3) is 10.3 Å². The van der Waals surface area contributed by atoms with Crippen LogP contribution in [-0.2, 0) is 0 Å². The van der Waals surface area contributed by atoms with Crippen LogP contribution in [0.4, 0.5) is 0 Å². The number of nitrogens with zero attached hydrogens (tertiary/aromatic N) is 3. The summed E-state index contributed by atoms with van der Waals surface area (Å²) in [5.74, 6) is 0. The van der Waals surface area contributed by atoms with Crippen LogP contribution < -0.4 is 0 Å². The molecule has 3 aromatic rings.